The maximum absolute atomic E-state index is 12.8. The van der Waals surface area contributed by atoms with Crippen LogP contribution in [0.1, 0.15) is 26.3 Å². The van der Waals surface area contributed by atoms with E-state index in [2.05, 4.69) is 21.4 Å². The zero-order valence-electron chi connectivity index (χ0n) is 16.1. The van der Waals surface area contributed by atoms with Gasteiger partial charge in [0, 0.05) is 10.0 Å². The summed E-state index contributed by atoms with van der Waals surface area (Å²) in [5.74, 6) is 0.0535. The summed E-state index contributed by atoms with van der Waals surface area (Å²) in [6.07, 6.45) is 1.52. The lowest BCUT2D eigenvalue weighted by Crippen LogP contribution is -2.35. The molecule has 0 bridgehead atoms. The Hall–Kier alpha value is -2.80. The molecular weight excluding hydrogens is 424 g/mol. The van der Waals surface area contributed by atoms with Crippen molar-refractivity contribution in [1.29, 1.82) is 0 Å². The zero-order valence-corrected chi connectivity index (χ0v) is 17.7. The number of para-hydroxylation sites is 1. The van der Waals surface area contributed by atoms with Gasteiger partial charge in [-0.05, 0) is 51.1 Å². The Bertz CT molecular complexity index is 949. The SMILES string of the molecule is COc1cc(Br)cc(/C=C2\C(=O)NN(c3ccccc3)C2=O)c1OC(C)(C)C. The number of anilines is 1. The Labute approximate surface area is 172 Å². The van der Waals surface area contributed by atoms with E-state index in [1.165, 1.54) is 11.1 Å². The quantitative estimate of drug-likeness (QED) is 0.569. The number of nitrogens with zero attached hydrogens (tertiary/aromatic N) is 1. The third kappa shape index (κ3) is 4.20. The number of rotatable bonds is 4. The summed E-state index contributed by atoms with van der Waals surface area (Å²) in [5.41, 5.74) is 3.27. The zero-order chi connectivity index (χ0) is 20.5. The molecule has 6 nitrogen and oxygen atoms in total. The van der Waals surface area contributed by atoms with Crippen molar-refractivity contribution < 1.29 is 19.1 Å². The molecular formula is C21H21BrN2O4. The fourth-order valence-electron chi connectivity index (χ4n) is 2.73. The number of amides is 2. The van der Waals surface area contributed by atoms with Gasteiger partial charge in [-0.3, -0.25) is 15.0 Å². The van der Waals surface area contributed by atoms with E-state index in [9.17, 15) is 9.59 Å². The molecule has 0 radical (unpaired) electrons. The van der Waals surface area contributed by atoms with Gasteiger partial charge in [0.2, 0.25) is 0 Å². The van der Waals surface area contributed by atoms with Crippen LogP contribution in [0, 0.1) is 0 Å². The van der Waals surface area contributed by atoms with Crippen molar-refractivity contribution in [3.8, 4) is 11.5 Å². The van der Waals surface area contributed by atoms with Crippen molar-refractivity contribution in [3.63, 3.8) is 0 Å². The first kappa shape index (κ1) is 19.9. The third-order valence-electron chi connectivity index (χ3n) is 3.88. The second-order valence-electron chi connectivity index (χ2n) is 7.22. The van der Waals surface area contributed by atoms with E-state index < -0.39 is 17.4 Å². The van der Waals surface area contributed by atoms with Crippen molar-refractivity contribution in [2.24, 2.45) is 0 Å². The van der Waals surface area contributed by atoms with E-state index in [4.69, 9.17) is 9.47 Å². The first-order chi connectivity index (χ1) is 13.2. The minimum atomic E-state index is -0.494. The number of hydrazine groups is 1. The van der Waals surface area contributed by atoms with Crippen LogP contribution >= 0.6 is 15.9 Å². The third-order valence-corrected chi connectivity index (χ3v) is 4.34. The molecule has 3 rings (SSSR count). The molecule has 0 atom stereocenters. The van der Waals surface area contributed by atoms with E-state index in [0.29, 0.717) is 22.7 Å². The molecule has 0 aromatic heterocycles. The number of hydrogen-bond donors (Lipinski definition) is 1. The molecule has 0 aliphatic carbocycles. The van der Waals surface area contributed by atoms with Gasteiger partial charge in [-0.15, -0.1) is 0 Å². The maximum Gasteiger partial charge on any atom is 0.282 e. The summed E-state index contributed by atoms with van der Waals surface area (Å²) in [5, 5.41) is 1.23. The maximum atomic E-state index is 12.8. The van der Waals surface area contributed by atoms with Gasteiger partial charge in [0.15, 0.2) is 11.5 Å². The molecule has 0 saturated carbocycles. The van der Waals surface area contributed by atoms with Crippen LogP contribution in [0.15, 0.2) is 52.5 Å². The van der Waals surface area contributed by atoms with Crippen molar-refractivity contribution in [3.05, 3.63) is 58.1 Å². The summed E-state index contributed by atoms with van der Waals surface area (Å²) >= 11 is 3.44. The van der Waals surface area contributed by atoms with E-state index in [-0.39, 0.29) is 5.57 Å². The molecule has 0 spiro atoms. The van der Waals surface area contributed by atoms with Crippen molar-refractivity contribution in [2.75, 3.05) is 12.1 Å². The number of carbonyl (C=O) groups excluding carboxylic acids is 2. The highest BCUT2D eigenvalue weighted by Gasteiger charge is 2.35. The van der Waals surface area contributed by atoms with Crippen LogP contribution < -0.4 is 19.9 Å². The van der Waals surface area contributed by atoms with Gasteiger partial charge in [-0.25, -0.2) is 5.01 Å². The summed E-state index contributed by atoms with van der Waals surface area (Å²) < 4.78 is 12.2. The van der Waals surface area contributed by atoms with E-state index in [1.54, 1.807) is 43.5 Å². The standard InChI is InChI=1S/C21H21BrN2O4/c1-21(2,3)28-18-13(10-14(22)12-17(18)27-4)11-16-19(25)23-24(20(16)26)15-8-6-5-7-9-15/h5-12H,1-4H3,(H,23,25)/b16-11+. The minimum absolute atomic E-state index is 0.0164. The van der Waals surface area contributed by atoms with Crippen LogP contribution in [0.25, 0.3) is 6.08 Å². The second kappa shape index (κ2) is 7.67. The smallest absolute Gasteiger partial charge is 0.282 e. The van der Waals surface area contributed by atoms with Crippen LogP contribution in [0.5, 0.6) is 11.5 Å². The highest BCUT2D eigenvalue weighted by Crippen LogP contribution is 2.38. The number of nitrogens with one attached hydrogen (secondary N) is 1. The van der Waals surface area contributed by atoms with Gasteiger partial charge in [0.05, 0.1) is 12.8 Å². The molecule has 2 aromatic carbocycles. The van der Waals surface area contributed by atoms with Crippen LogP contribution in [0.3, 0.4) is 0 Å². The Morgan fingerprint density at radius 2 is 1.79 bits per heavy atom. The average molecular weight is 445 g/mol. The topological polar surface area (TPSA) is 67.9 Å². The lowest BCUT2D eigenvalue weighted by molar-refractivity contribution is -0.117. The van der Waals surface area contributed by atoms with E-state index in [0.717, 1.165) is 4.47 Å². The van der Waals surface area contributed by atoms with E-state index in [1.807, 2.05) is 26.8 Å². The van der Waals surface area contributed by atoms with Gasteiger partial charge in [-0.2, -0.15) is 0 Å². The largest absolute Gasteiger partial charge is 0.493 e. The van der Waals surface area contributed by atoms with Gasteiger partial charge in [0.1, 0.15) is 11.2 Å². The fourth-order valence-corrected chi connectivity index (χ4v) is 3.19. The molecule has 1 fully saturated rings. The molecule has 1 heterocycles. The molecule has 2 amide bonds. The number of halogens is 1. The Balaban J connectivity index is 2.06. The highest BCUT2D eigenvalue weighted by atomic mass is 79.9. The summed E-state index contributed by atoms with van der Waals surface area (Å²) in [7, 11) is 1.54. The van der Waals surface area contributed by atoms with Crippen LogP contribution in [-0.2, 0) is 9.59 Å². The molecule has 0 unspecified atom stereocenters. The molecule has 1 N–H and O–H groups in total. The number of hydrogen-bond acceptors (Lipinski definition) is 4. The monoisotopic (exact) mass is 444 g/mol. The van der Waals surface area contributed by atoms with Crippen molar-refractivity contribution in [1.82, 2.24) is 5.43 Å². The van der Waals surface area contributed by atoms with Crippen LogP contribution in [0.2, 0.25) is 0 Å². The Morgan fingerprint density at radius 1 is 1.11 bits per heavy atom. The molecule has 1 aliphatic heterocycles. The summed E-state index contributed by atoms with van der Waals surface area (Å²) in [6, 6.07) is 12.5. The summed E-state index contributed by atoms with van der Waals surface area (Å²) in [4.78, 5) is 25.3. The Kier molecular flexibility index (Phi) is 5.47. The Morgan fingerprint density at radius 3 is 2.39 bits per heavy atom. The number of ether oxygens (including phenoxy) is 2. The summed E-state index contributed by atoms with van der Waals surface area (Å²) in [6.45, 7) is 5.74. The van der Waals surface area contributed by atoms with Gasteiger partial charge < -0.3 is 9.47 Å². The lowest BCUT2D eigenvalue weighted by Gasteiger charge is -2.24. The first-order valence-electron chi connectivity index (χ1n) is 8.68. The van der Waals surface area contributed by atoms with Crippen LogP contribution in [-0.4, -0.2) is 24.5 Å². The van der Waals surface area contributed by atoms with Crippen molar-refractivity contribution in [2.45, 2.75) is 26.4 Å². The highest BCUT2D eigenvalue weighted by molar-refractivity contribution is 9.10. The molecule has 146 valence electrons. The normalized spacial score (nSPS) is 15.8. The van der Waals surface area contributed by atoms with E-state index >= 15 is 0 Å². The average Bonchev–Trinajstić information content (AvgIpc) is 2.91. The molecule has 7 heteroatoms. The second-order valence-corrected chi connectivity index (χ2v) is 8.13. The lowest BCUT2D eigenvalue weighted by atomic mass is 10.1. The number of methoxy groups -OCH3 is 1. The predicted molar refractivity (Wildman–Crippen MR) is 111 cm³/mol. The predicted octanol–water partition coefficient (Wildman–Crippen LogP) is 4.10. The molecule has 1 aliphatic rings. The van der Waals surface area contributed by atoms with Gasteiger partial charge in [-0.1, -0.05) is 34.1 Å². The van der Waals surface area contributed by atoms with Crippen LogP contribution in [0.4, 0.5) is 5.69 Å². The molecule has 1 saturated heterocycles. The fraction of sp³-hybridized carbons (Fsp3) is 0.238. The molecule has 2 aromatic rings. The number of benzene rings is 2. The van der Waals surface area contributed by atoms with Gasteiger partial charge in [0.25, 0.3) is 11.8 Å². The minimum Gasteiger partial charge on any atom is -0.493 e. The van der Waals surface area contributed by atoms with Crippen molar-refractivity contribution >= 4 is 39.5 Å². The number of carbonyl (C=O) groups is 2. The van der Waals surface area contributed by atoms with Gasteiger partial charge >= 0.3 is 0 Å². The first-order valence-corrected chi connectivity index (χ1v) is 9.47. The molecule has 28 heavy (non-hydrogen) atoms.